The lowest BCUT2D eigenvalue weighted by Crippen LogP contribution is -2.45. The van der Waals surface area contributed by atoms with Gasteiger partial charge in [0.1, 0.15) is 0 Å². The highest BCUT2D eigenvalue weighted by atomic mass is 16.4. The van der Waals surface area contributed by atoms with Crippen LogP contribution in [-0.2, 0) is 9.59 Å². The van der Waals surface area contributed by atoms with E-state index in [2.05, 4.69) is 5.32 Å². The number of nitrogens with one attached hydrogen (secondary N) is 1. The summed E-state index contributed by atoms with van der Waals surface area (Å²) in [7, 11) is 0. The number of hydrogen-bond acceptors (Lipinski definition) is 3. The van der Waals surface area contributed by atoms with Crippen LogP contribution in [0.25, 0.3) is 0 Å². The topological polar surface area (TPSA) is 86.6 Å². The number of aliphatic carboxylic acids is 1. The van der Waals surface area contributed by atoms with E-state index in [4.69, 9.17) is 0 Å². The van der Waals surface area contributed by atoms with Crippen LogP contribution in [0.15, 0.2) is 12.2 Å². The van der Waals surface area contributed by atoms with Gasteiger partial charge in [-0.15, -0.1) is 0 Å². The molecule has 5 nitrogen and oxygen atoms in total. The predicted molar refractivity (Wildman–Crippen MR) is 64.7 cm³/mol. The van der Waals surface area contributed by atoms with Gasteiger partial charge in [-0.1, -0.05) is 12.2 Å². The number of carbonyl (C=O) groups excluding carboxylic acids is 1. The Hall–Kier alpha value is -1.36. The van der Waals surface area contributed by atoms with Crippen molar-refractivity contribution in [1.82, 2.24) is 5.32 Å². The standard InChI is InChI=1S/C13H19NO4/c1-13(2,18)6-14-11(15)9-7-3-4-8(5-7)10(9)12(16)17/h3-4,7-10,18H,5-6H2,1-2H3,(H,14,15)(H,16,17). The molecule has 0 radical (unpaired) electrons. The van der Waals surface area contributed by atoms with Gasteiger partial charge >= 0.3 is 5.97 Å². The lowest BCUT2D eigenvalue weighted by Gasteiger charge is -2.25. The lowest BCUT2D eigenvalue weighted by atomic mass is 9.82. The van der Waals surface area contributed by atoms with Crippen molar-refractivity contribution in [3.05, 3.63) is 12.2 Å². The van der Waals surface area contributed by atoms with Crippen LogP contribution >= 0.6 is 0 Å². The number of carboxylic acids is 1. The quantitative estimate of drug-likeness (QED) is 0.633. The molecule has 3 N–H and O–H groups in total. The Labute approximate surface area is 106 Å². The van der Waals surface area contributed by atoms with Gasteiger partial charge in [-0.25, -0.2) is 0 Å². The molecule has 100 valence electrons. The molecule has 2 bridgehead atoms. The zero-order chi connectivity index (χ0) is 13.5. The molecule has 0 spiro atoms. The molecule has 2 aliphatic rings. The van der Waals surface area contributed by atoms with Crippen molar-refractivity contribution >= 4 is 11.9 Å². The van der Waals surface area contributed by atoms with Crippen molar-refractivity contribution in [3.8, 4) is 0 Å². The molecule has 5 heteroatoms. The summed E-state index contributed by atoms with van der Waals surface area (Å²) in [5.41, 5.74) is -0.984. The zero-order valence-corrected chi connectivity index (χ0v) is 10.6. The summed E-state index contributed by atoms with van der Waals surface area (Å²) in [6.07, 6.45) is 4.60. The summed E-state index contributed by atoms with van der Waals surface area (Å²) in [4.78, 5) is 23.3. The summed E-state index contributed by atoms with van der Waals surface area (Å²) >= 11 is 0. The highest BCUT2D eigenvalue weighted by Crippen LogP contribution is 2.48. The maximum absolute atomic E-state index is 12.1. The molecule has 4 unspecified atom stereocenters. The maximum Gasteiger partial charge on any atom is 0.307 e. The summed E-state index contributed by atoms with van der Waals surface area (Å²) < 4.78 is 0. The smallest absolute Gasteiger partial charge is 0.307 e. The average Bonchev–Trinajstić information content (AvgIpc) is 2.83. The van der Waals surface area contributed by atoms with Crippen LogP contribution in [0.3, 0.4) is 0 Å². The summed E-state index contributed by atoms with van der Waals surface area (Å²) in [5.74, 6) is -2.29. The van der Waals surface area contributed by atoms with E-state index in [1.165, 1.54) is 0 Å². The molecule has 0 aromatic heterocycles. The highest BCUT2D eigenvalue weighted by Gasteiger charge is 2.51. The first-order valence-corrected chi connectivity index (χ1v) is 6.21. The molecule has 1 fully saturated rings. The number of hydrogen-bond donors (Lipinski definition) is 3. The second kappa shape index (κ2) is 4.39. The number of allylic oxidation sites excluding steroid dienone is 2. The van der Waals surface area contributed by atoms with Gasteiger partial charge in [0.05, 0.1) is 17.4 Å². The van der Waals surface area contributed by atoms with E-state index in [-0.39, 0.29) is 24.3 Å². The number of rotatable bonds is 4. The second-order valence-corrected chi connectivity index (χ2v) is 5.87. The highest BCUT2D eigenvalue weighted by molar-refractivity contribution is 5.86. The first kappa shape index (κ1) is 13.1. The molecule has 0 heterocycles. The van der Waals surface area contributed by atoms with Gasteiger partial charge in [-0.2, -0.15) is 0 Å². The Bertz CT molecular complexity index is 396. The molecule has 4 atom stereocenters. The summed E-state index contributed by atoms with van der Waals surface area (Å²) in [5, 5.41) is 21.4. The minimum absolute atomic E-state index is 0.0228. The Morgan fingerprint density at radius 3 is 2.33 bits per heavy atom. The van der Waals surface area contributed by atoms with Crippen LogP contribution < -0.4 is 5.32 Å². The van der Waals surface area contributed by atoms with Crippen molar-refractivity contribution in [2.24, 2.45) is 23.7 Å². The minimum Gasteiger partial charge on any atom is -0.481 e. The van der Waals surface area contributed by atoms with Gasteiger partial charge in [0, 0.05) is 6.54 Å². The number of carbonyl (C=O) groups is 2. The first-order chi connectivity index (χ1) is 8.29. The van der Waals surface area contributed by atoms with Crippen LogP contribution in [0.2, 0.25) is 0 Å². The van der Waals surface area contributed by atoms with Gasteiger partial charge < -0.3 is 15.5 Å². The molecular formula is C13H19NO4. The van der Waals surface area contributed by atoms with E-state index in [9.17, 15) is 19.8 Å². The Morgan fingerprint density at radius 2 is 1.83 bits per heavy atom. The fourth-order valence-corrected chi connectivity index (χ4v) is 2.94. The molecule has 1 saturated carbocycles. The minimum atomic E-state index is -0.984. The molecular weight excluding hydrogens is 234 g/mol. The number of carboxylic acid groups (broad SMARTS) is 1. The predicted octanol–water partition coefficient (Wildman–Crippen LogP) is 0.396. The molecule has 18 heavy (non-hydrogen) atoms. The molecule has 1 amide bonds. The molecule has 0 aromatic carbocycles. The van der Waals surface area contributed by atoms with E-state index < -0.39 is 23.4 Å². The molecule has 0 aliphatic heterocycles. The molecule has 0 aromatic rings. The number of amides is 1. The van der Waals surface area contributed by atoms with Crippen molar-refractivity contribution in [1.29, 1.82) is 0 Å². The number of aliphatic hydroxyl groups is 1. The Kier molecular flexibility index (Phi) is 3.19. The van der Waals surface area contributed by atoms with Crippen molar-refractivity contribution < 1.29 is 19.8 Å². The Morgan fingerprint density at radius 1 is 1.28 bits per heavy atom. The largest absolute Gasteiger partial charge is 0.481 e. The first-order valence-electron chi connectivity index (χ1n) is 6.21. The summed E-state index contributed by atoms with van der Waals surface area (Å²) in [6, 6.07) is 0. The third-order valence-electron chi connectivity index (χ3n) is 3.74. The second-order valence-electron chi connectivity index (χ2n) is 5.87. The van der Waals surface area contributed by atoms with E-state index in [1.54, 1.807) is 13.8 Å². The maximum atomic E-state index is 12.1. The van der Waals surface area contributed by atoms with Gasteiger partial charge in [0.25, 0.3) is 0 Å². The van der Waals surface area contributed by atoms with E-state index in [1.807, 2.05) is 12.2 Å². The van der Waals surface area contributed by atoms with E-state index in [0.717, 1.165) is 6.42 Å². The SMILES string of the molecule is CC(C)(O)CNC(=O)C1C2C=CC(C2)C1C(=O)O. The van der Waals surface area contributed by atoms with Crippen LogP contribution in [0.4, 0.5) is 0 Å². The fraction of sp³-hybridized carbons (Fsp3) is 0.692. The fourth-order valence-electron chi connectivity index (χ4n) is 2.94. The van der Waals surface area contributed by atoms with Crippen molar-refractivity contribution in [2.75, 3.05) is 6.54 Å². The van der Waals surface area contributed by atoms with Crippen molar-refractivity contribution in [2.45, 2.75) is 25.9 Å². The number of fused-ring (bicyclic) bond motifs is 2. The molecule has 2 rings (SSSR count). The van der Waals surface area contributed by atoms with Crippen LogP contribution in [0.5, 0.6) is 0 Å². The van der Waals surface area contributed by atoms with Gasteiger partial charge in [0.2, 0.25) is 5.91 Å². The summed E-state index contributed by atoms with van der Waals surface area (Å²) in [6.45, 7) is 3.33. The average molecular weight is 253 g/mol. The van der Waals surface area contributed by atoms with Gasteiger partial charge in [0.15, 0.2) is 0 Å². The van der Waals surface area contributed by atoms with Crippen molar-refractivity contribution in [3.63, 3.8) is 0 Å². The lowest BCUT2D eigenvalue weighted by molar-refractivity contribution is -0.148. The third kappa shape index (κ3) is 2.41. The normalized spacial score (nSPS) is 33.7. The van der Waals surface area contributed by atoms with Crippen LogP contribution in [0.1, 0.15) is 20.3 Å². The van der Waals surface area contributed by atoms with Crippen LogP contribution in [0, 0.1) is 23.7 Å². The Balaban J connectivity index is 2.05. The monoisotopic (exact) mass is 253 g/mol. The van der Waals surface area contributed by atoms with E-state index >= 15 is 0 Å². The van der Waals surface area contributed by atoms with Crippen LogP contribution in [-0.4, -0.2) is 34.2 Å². The van der Waals surface area contributed by atoms with Gasteiger partial charge in [-0.05, 0) is 32.1 Å². The molecule has 2 aliphatic carbocycles. The third-order valence-corrected chi connectivity index (χ3v) is 3.74. The molecule has 0 saturated heterocycles. The van der Waals surface area contributed by atoms with Gasteiger partial charge in [-0.3, -0.25) is 9.59 Å². The zero-order valence-electron chi connectivity index (χ0n) is 10.6. The van der Waals surface area contributed by atoms with E-state index in [0.29, 0.717) is 0 Å².